The maximum absolute atomic E-state index is 10.8. The van der Waals surface area contributed by atoms with E-state index in [0.29, 0.717) is 5.57 Å². The highest BCUT2D eigenvalue weighted by atomic mass is 16.6. The number of allylic oxidation sites excluding steroid dienone is 1. The molecule has 1 saturated heterocycles. The molecule has 2 atom stereocenters. The Balaban J connectivity index is 2.30. The maximum Gasteiger partial charge on any atom is 0.334 e. The molecule has 0 N–H and O–H groups in total. The maximum atomic E-state index is 10.8. The summed E-state index contributed by atoms with van der Waals surface area (Å²) in [4.78, 5) is 10.8. The lowest BCUT2D eigenvalue weighted by molar-refractivity contribution is -0.137. The second kappa shape index (κ2) is 1.72. The van der Waals surface area contributed by atoms with Gasteiger partial charge in [-0.3, -0.25) is 0 Å². The predicted octanol–water partition coefficient (Wildman–Crippen LogP) is 1.04. The van der Waals surface area contributed by atoms with Crippen LogP contribution in [0.3, 0.4) is 0 Å². The molecule has 52 valence electrons. The lowest BCUT2D eigenvalue weighted by Gasteiger charge is -2.03. The first-order valence-electron chi connectivity index (χ1n) is 3.35. The molecular formula is C8H8O2. The van der Waals surface area contributed by atoms with E-state index in [2.05, 4.69) is 6.58 Å². The van der Waals surface area contributed by atoms with Crippen LogP contribution in [0, 0.1) is 5.92 Å². The van der Waals surface area contributed by atoms with Gasteiger partial charge in [0, 0.05) is 11.5 Å². The Kier molecular flexibility index (Phi) is 0.982. The molecule has 2 unspecified atom stereocenters. The summed E-state index contributed by atoms with van der Waals surface area (Å²) in [5.41, 5.74) is 0.634. The van der Waals surface area contributed by atoms with Crippen LogP contribution < -0.4 is 0 Å². The molecular weight excluding hydrogens is 128 g/mol. The Morgan fingerprint density at radius 1 is 1.70 bits per heavy atom. The summed E-state index contributed by atoms with van der Waals surface area (Å²) in [5, 5.41) is 0. The number of rotatable bonds is 0. The van der Waals surface area contributed by atoms with Crippen molar-refractivity contribution in [1.82, 2.24) is 0 Å². The smallest absolute Gasteiger partial charge is 0.334 e. The SMILES string of the molecule is C=C1C(=O)OC2C=CCC12. The van der Waals surface area contributed by atoms with Gasteiger partial charge in [-0.05, 0) is 12.5 Å². The van der Waals surface area contributed by atoms with Crippen molar-refractivity contribution < 1.29 is 9.53 Å². The van der Waals surface area contributed by atoms with Gasteiger partial charge in [0.05, 0.1) is 0 Å². The first-order valence-corrected chi connectivity index (χ1v) is 3.35. The van der Waals surface area contributed by atoms with E-state index in [0.717, 1.165) is 6.42 Å². The fraction of sp³-hybridized carbons (Fsp3) is 0.375. The molecule has 2 heteroatoms. The van der Waals surface area contributed by atoms with Crippen LogP contribution in [-0.2, 0) is 9.53 Å². The highest BCUT2D eigenvalue weighted by Gasteiger charge is 2.38. The van der Waals surface area contributed by atoms with Gasteiger partial charge in [0.1, 0.15) is 6.10 Å². The molecule has 2 aliphatic rings. The minimum Gasteiger partial charge on any atom is -0.454 e. The van der Waals surface area contributed by atoms with Crippen molar-refractivity contribution in [2.24, 2.45) is 5.92 Å². The van der Waals surface area contributed by atoms with E-state index in [4.69, 9.17) is 4.74 Å². The number of carbonyl (C=O) groups excluding carboxylic acids is 1. The largest absolute Gasteiger partial charge is 0.454 e. The molecule has 1 heterocycles. The lowest BCUT2D eigenvalue weighted by Crippen LogP contribution is -2.06. The molecule has 0 aromatic rings. The number of ether oxygens (including phenoxy) is 1. The van der Waals surface area contributed by atoms with E-state index < -0.39 is 0 Å². The topological polar surface area (TPSA) is 26.3 Å². The molecule has 1 fully saturated rings. The van der Waals surface area contributed by atoms with E-state index in [1.165, 1.54) is 0 Å². The fourth-order valence-corrected chi connectivity index (χ4v) is 1.44. The summed E-state index contributed by atoms with van der Waals surface area (Å²) in [6, 6.07) is 0. The van der Waals surface area contributed by atoms with Crippen molar-refractivity contribution in [2.45, 2.75) is 12.5 Å². The Hall–Kier alpha value is -1.05. The number of hydrogen-bond acceptors (Lipinski definition) is 2. The van der Waals surface area contributed by atoms with Crippen molar-refractivity contribution in [1.29, 1.82) is 0 Å². The van der Waals surface area contributed by atoms with Crippen LogP contribution in [0.1, 0.15) is 6.42 Å². The zero-order chi connectivity index (χ0) is 7.14. The Bertz CT molecular complexity index is 227. The van der Waals surface area contributed by atoms with Gasteiger partial charge in [0.2, 0.25) is 0 Å². The van der Waals surface area contributed by atoms with Gasteiger partial charge in [-0.1, -0.05) is 12.7 Å². The minimum atomic E-state index is -0.223. The van der Waals surface area contributed by atoms with E-state index in [1.54, 1.807) is 0 Å². The van der Waals surface area contributed by atoms with Gasteiger partial charge >= 0.3 is 5.97 Å². The van der Waals surface area contributed by atoms with E-state index in [9.17, 15) is 4.79 Å². The normalized spacial score (nSPS) is 36.4. The molecule has 0 aromatic carbocycles. The van der Waals surface area contributed by atoms with E-state index in [1.807, 2.05) is 12.2 Å². The molecule has 0 radical (unpaired) electrons. The Morgan fingerprint density at radius 2 is 2.50 bits per heavy atom. The molecule has 0 bridgehead atoms. The summed E-state index contributed by atoms with van der Waals surface area (Å²) in [6.07, 6.45) is 4.88. The standard InChI is InChI=1S/C8H8O2/c1-5-6-3-2-4-7(6)10-8(5)9/h2,4,6-7H,1,3H2. The third kappa shape index (κ3) is 0.561. The predicted molar refractivity (Wildman–Crippen MR) is 36.3 cm³/mol. The van der Waals surface area contributed by atoms with Crippen LogP contribution >= 0.6 is 0 Å². The number of carbonyl (C=O) groups is 1. The average Bonchev–Trinajstić information content (AvgIpc) is 2.41. The van der Waals surface area contributed by atoms with Gasteiger partial charge in [0.15, 0.2) is 0 Å². The average molecular weight is 136 g/mol. The highest BCUT2D eigenvalue weighted by molar-refractivity contribution is 5.91. The van der Waals surface area contributed by atoms with Crippen LogP contribution in [0.15, 0.2) is 24.3 Å². The lowest BCUT2D eigenvalue weighted by atomic mass is 9.99. The Labute approximate surface area is 59.2 Å². The van der Waals surface area contributed by atoms with Gasteiger partial charge in [0.25, 0.3) is 0 Å². The first-order chi connectivity index (χ1) is 4.79. The molecule has 1 aliphatic heterocycles. The number of hydrogen-bond donors (Lipinski definition) is 0. The van der Waals surface area contributed by atoms with Gasteiger partial charge < -0.3 is 4.74 Å². The van der Waals surface area contributed by atoms with Gasteiger partial charge in [-0.15, -0.1) is 0 Å². The van der Waals surface area contributed by atoms with Crippen molar-refractivity contribution in [2.75, 3.05) is 0 Å². The molecule has 0 amide bonds. The van der Waals surface area contributed by atoms with Crippen molar-refractivity contribution >= 4 is 5.97 Å². The monoisotopic (exact) mass is 136 g/mol. The highest BCUT2D eigenvalue weighted by Crippen LogP contribution is 2.34. The summed E-state index contributed by atoms with van der Waals surface area (Å²) < 4.78 is 4.97. The second-order valence-corrected chi connectivity index (χ2v) is 2.67. The molecule has 0 aromatic heterocycles. The summed E-state index contributed by atoms with van der Waals surface area (Å²) in [6.45, 7) is 3.66. The molecule has 2 rings (SSSR count). The van der Waals surface area contributed by atoms with Crippen LogP contribution in [0.25, 0.3) is 0 Å². The number of fused-ring (bicyclic) bond motifs is 1. The fourth-order valence-electron chi connectivity index (χ4n) is 1.44. The summed E-state index contributed by atoms with van der Waals surface area (Å²) in [7, 11) is 0. The Morgan fingerprint density at radius 3 is 3.20 bits per heavy atom. The van der Waals surface area contributed by atoms with Crippen molar-refractivity contribution in [3.63, 3.8) is 0 Å². The second-order valence-electron chi connectivity index (χ2n) is 2.67. The van der Waals surface area contributed by atoms with E-state index >= 15 is 0 Å². The minimum absolute atomic E-state index is 0.000000000000000444. The molecule has 1 aliphatic carbocycles. The molecule has 0 saturated carbocycles. The quantitative estimate of drug-likeness (QED) is 0.282. The zero-order valence-electron chi connectivity index (χ0n) is 5.54. The summed E-state index contributed by atoms with van der Waals surface area (Å²) >= 11 is 0. The van der Waals surface area contributed by atoms with Crippen LogP contribution in [0.4, 0.5) is 0 Å². The number of esters is 1. The van der Waals surface area contributed by atoms with Crippen LogP contribution in [0.5, 0.6) is 0 Å². The molecule has 0 spiro atoms. The third-order valence-corrected chi connectivity index (χ3v) is 2.07. The van der Waals surface area contributed by atoms with Crippen LogP contribution in [-0.4, -0.2) is 12.1 Å². The first kappa shape index (κ1) is 5.71. The third-order valence-electron chi connectivity index (χ3n) is 2.07. The molecule has 2 nitrogen and oxygen atoms in total. The molecule has 10 heavy (non-hydrogen) atoms. The van der Waals surface area contributed by atoms with Crippen molar-refractivity contribution in [3.8, 4) is 0 Å². The van der Waals surface area contributed by atoms with Crippen LogP contribution in [0.2, 0.25) is 0 Å². The summed E-state index contributed by atoms with van der Waals surface area (Å²) in [5.74, 6) is 0.0202. The van der Waals surface area contributed by atoms with E-state index in [-0.39, 0.29) is 18.0 Å². The van der Waals surface area contributed by atoms with Gasteiger partial charge in [-0.2, -0.15) is 0 Å². The zero-order valence-corrected chi connectivity index (χ0v) is 5.54. The van der Waals surface area contributed by atoms with Crippen molar-refractivity contribution in [3.05, 3.63) is 24.3 Å². The van der Waals surface area contributed by atoms with Gasteiger partial charge in [-0.25, -0.2) is 4.79 Å².